The first-order chi connectivity index (χ1) is 11.3. The van der Waals surface area contributed by atoms with E-state index in [4.69, 9.17) is 0 Å². The van der Waals surface area contributed by atoms with Crippen LogP contribution in [0.1, 0.15) is 10.5 Å². The lowest BCUT2D eigenvalue weighted by Gasteiger charge is -2.09. The average molecular weight is 306 g/mol. The van der Waals surface area contributed by atoms with Crippen LogP contribution in [0.25, 0.3) is 16.8 Å². The summed E-state index contributed by atoms with van der Waals surface area (Å²) in [6, 6.07) is 3.62. The van der Waals surface area contributed by atoms with E-state index in [0.29, 0.717) is 22.6 Å². The molecule has 0 fully saturated rings. The van der Waals surface area contributed by atoms with Gasteiger partial charge in [0.05, 0.1) is 6.20 Å². The second kappa shape index (κ2) is 5.30. The molecular weight excluding hydrogens is 296 g/mol. The molecule has 4 aromatic rings. The van der Waals surface area contributed by atoms with Crippen molar-refractivity contribution in [2.45, 2.75) is 0 Å². The highest BCUT2D eigenvalue weighted by Gasteiger charge is 2.12. The molecule has 2 N–H and O–H groups in total. The van der Waals surface area contributed by atoms with E-state index in [-0.39, 0.29) is 5.69 Å². The van der Waals surface area contributed by atoms with Crippen LogP contribution in [0.5, 0.6) is 0 Å². The van der Waals surface area contributed by atoms with Crippen molar-refractivity contribution < 1.29 is 4.79 Å². The lowest BCUT2D eigenvalue weighted by atomic mass is 10.4. The van der Waals surface area contributed by atoms with Gasteiger partial charge in [-0.05, 0) is 12.1 Å². The van der Waals surface area contributed by atoms with Crippen molar-refractivity contribution in [1.82, 2.24) is 34.7 Å². The molecule has 9 heteroatoms. The van der Waals surface area contributed by atoms with Gasteiger partial charge < -0.3 is 0 Å². The highest BCUT2D eigenvalue weighted by Crippen LogP contribution is 2.18. The Hall–Kier alpha value is -3.62. The standard InChI is InChI=1S/C14H10N8O/c23-14(10-8-15-4-5-16-10)21-20-11-13-18-6-7-22(13)12-9(19-11)2-1-3-17-12/h1-8H,(H,19,20)(H,21,23). The third kappa shape index (κ3) is 2.29. The van der Waals surface area contributed by atoms with Crippen LogP contribution in [-0.4, -0.2) is 35.2 Å². The van der Waals surface area contributed by atoms with Gasteiger partial charge in [0.1, 0.15) is 11.2 Å². The van der Waals surface area contributed by atoms with Crippen LogP contribution in [0, 0.1) is 0 Å². The van der Waals surface area contributed by atoms with Crippen LogP contribution in [0.15, 0.2) is 49.3 Å². The maximum atomic E-state index is 12.0. The molecule has 1 amide bonds. The van der Waals surface area contributed by atoms with Crippen molar-refractivity contribution in [3.8, 4) is 0 Å². The predicted molar refractivity (Wildman–Crippen MR) is 81.4 cm³/mol. The van der Waals surface area contributed by atoms with Gasteiger partial charge in [0.15, 0.2) is 17.1 Å². The number of imidazole rings is 1. The lowest BCUT2D eigenvalue weighted by molar-refractivity contribution is 0.0957. The van der Waals surface area contributed by atoms with Crippen LogP contribution < -0.4 is 10.9 Å². The summed E-state index contributed by atoms with van der Waals surface area (Å²) in [6.07, 6.45) is 9.42. The summed E-state index contributed by atoms with van der Waals surface area (Å²) in [7, 11) is 0. The fraction of sp³-hybridized carbons (Fsp3) is 0. The van der Waals surface area contributed by atoms with Crippen molar-refractivity contribution in [2.75, 3.05) is 5.43 Å². The summed E-state index contributed by atoms with van der Waals surface area (Å²) in [4.78, 5) is 32.8. The van der Waals surface area contributed by atoms with Gasteiger partial charge in [-0.2, -0.15) is 0 Å². The molecule has 0 saturated heterocycles. The quantitative estimate of drug-likeness (QED) is 0.539. The van der Waals surface area contributed by atoms with Crippen LogP contribution in [0.3, 0.4) is 0 Å². The fourth-order valence-electron chi connectivity index (χ4n) is 2.16. The number of hydrogen-bond donors (Lipinski definition) is 2. The maximum absolute atomic E-state index is 12.0. The van der Waals surface area contributed by atoms with Crippen LogP contribution in [-0.2, 0) is 0 Å². The van der Waals surface area contributed by atoms with Crippen molar-refractivity contribution in [1.29, 1.82) is 0 Å². The number of amides is 1. The summed E-state index contributed by atoms with van der Waals surface area (Å²) < 4.78 is 1.79. The number of carbonyl (C=O) groups is 1. The summed E-state index contributed by atoms with van der Waals surface area (Å²) in [5, 5.41) is 0. The Morgan fingerprint density at radius 3 is 2.83 bits per heavy atom. The number of hydrogen-bond acceptors (Lipinski definition) is 7. The zero-order valence-corrected chi connectivity index (χ0v) is 11.7. The van der Waals surface area contributed by atoms with Gasteiger partial charge in [-0.15, -0.1) is 0 Å². The largest absolute Gasteiger partial charge is 0.289 e. The van der Waals surface area contributed by atoms with Crippen molar-refractivity contribution in [3.63, 3.8) is 0 Å². The molecule has 9 nitrogen and oxygen atoms in total. The zero-order valence-electron chi connectivity index (χ0n) is 11.7. The molecule has 23 heavy (non-hydrogen) atoms. The molecule has 0 aliphatic carbocycles. The predicted octanol–water partition coefficient (Wildman–Crippen LogP) is 0.824. The van der Waals surface area contributed by atoms with Crippen LogP contribution >= 0.6 is 0 Å². The maximum Gasteiger partial charge on any atom is 0.289 e. The first-order valence-corrected chi connectivity index (χ1v) is 6.73. The summed E-state index contributed by atoms with van der Waals surface area (Å²) in [6.45, 7) is 0. The molecule has 0 unspecified atom stereocenters. The number of rotatable bonds is 3. The summed E-state index contributed by atoms with van der Waals surface area (Å²) in [5.41, 5.74) is 7.42. The van der Waals surface area contributed by atoms with E-state index < -0.39 is 5.91 Å². The van der Waals surface area contributed by atoms with Gasteiger partial charge in [-0.25, -0.2) is 19.9 Å². The topological polar surface area (TPSA) is 110 Å². The second-order valence-corrected chi connectivity index (χ2v) is 4.60. The molecule has 0 atom stereocenters. The molecule has 0 saturated carbocycles. The van der Waals surface area contributed by atoms with Crippen molar-refractivity contribution >= 4 is 28.5 Å². The molecule has 4 heterocycles. The minimum Gasteiger partial charge on any atom is -0.279 e. The molecular formula is C14H10N8O. The lowest BCUT2D eigenvalue weighted by Crippen LogP contribution is -2.31. The Bertz CT molecular complexity index is 997. The number of pyridine rings is 1. The number of aromatic nitrogens is 6. The monoisotopic (exact) mass is 306 g/mol. The molecule has 0 spiro atoms. The normalized spacial score (nSPS) is 10.8. The second-order valence-electron chi connectivity index (χ2n) is 4.60. The van der Waals surface area contributed by atoms with Gasteiger partial charge in [0.2, 0.25) is 0 Å². The van der Waals surface area contributed by atoms with E-state index >= 15 is 0 Å². The van der Waals surface area contributed by atoms with E-state index in [1.807, 2.05) is 6.07 Å². The third-order valence-electron chi connectivity index (χ3n) is 3.17. The molecule has 0 aliphatic heterocycles. The van der Waals surface area contributed by atoms with E-state index in [9.17, 15) is 4.79 Å². The summed E-state index contributed by atoms with van der Waals surface area (Å²) >= 11 is 0. The summed E-state index contributed by atoms with van der Waals surface area (Å²) in [5.74, 6) is -0.0105. The van der Waals surface area contributed by atoms with Crippen molar-refractivity contribution in [3.05, 3.63) is 55.0 Å². The Kier molecular flexibility index (Phi) is 3.01. The molecule has 0 aliphatic rings. The molecule has 4 aromatic heterocycles. The fourth-order valence-corrected chi connectivity index (χ4v) is 2.16. The highest BCUT2D eigenvalue weighted by atomic mass is 16.2. The Morgan fingerprint density at radius 2 is 1.96 bits per heavy atom. The number of anilines is 1. The number of nitrogens with zero attached hydrogens (tertiary/aromatic N) is 6. The molecule has 112 valence electrons. The highest BCUT2D eigenvalue weighted by molar-refractivity contribution is 5.93. The van der Waals surface area contributed by atoms with E-state index in [0.717, 1.165) is 0 Å². The number of carbonyl (C=O) groups excluding carboxylic acids is 1. The minimum atomic E-state index is -0.420. The third-order valence-corrected chi connectivity index (χ3v) is 3.17. The number of hydrazine groups is 1. The van der Waals surface area contributed by atoms with Crippen molar-refractivity contribution in [2.24, 2.45) is 0 Å². The molecule has 0 bridgehead atoms. The van der Waals surface area contributed by atoms with E-state index in [1.165, 1.54) is 18.6 Å². The first kappa shape index (κ1) is 13.1. The van der Waals surface area contributed by atoms with Crippen LogP contribution in [0.4, 0.5) is 5.82 Å². The van der Waals surface area contributed by atoms with Gasteiger partial charge >= 0.3 is 0 Å². The average Bonchev–Trinajstić information content (AvgIpc) is 3.10. The molecule has 4 rings (SSSR count). The van der Waals surface area contributed by atoms with Gasteiger partial charge in [0.25, 0.3) is 5.91 Å². The molecule has 0 radical (unpaired) electrons. The first-order valence-electron chi connectivity index (χ1n) is 6.73. The number of nitrogens with one attached hydrogen (secondary N) is 2. The van der Waals surface area contributed by atoms with Gasteiger partial charge in [-0.1, -0.05) is 0 Å². The Labute approximate surface area is 129 Å². The zero-order chi connectivity index (χ0) is 15.6. The van der Waals surface area contributed by atoms with E-state index in [1.54, 1.807) is 29.1 Å². The number of fused-ring (bicyclic) bond motifs is 3. The van der Waals surface area contributed by atoms with Gasteiger partial charge in [0, 0.05) is 31.0 Å². The Morgan fingerprint density at radius 1 is 1.04 bits per heavy atom. The van der Waals surface area contributed by atoms with Crippen LogP contribution in [0.2, 0.25) is 0 Å². The van der Waals surface area contributed by atoms with E-state index in [2.05, 4.69) is 35.8 Å². The van der Waals surface area contributed by atoms with Gasteiger partial charge in [-0.3, -0.25) is 25.0 Å². The SMILES string of the molecule is O=C(NNc1nc2cccnc2n2ccnc12)c1cnccn1. The smallest absolute Gasteiger partial charge is 0.279 e. The minimum absolute atomic E-state index is 0.196. The molecule has 0 aromatic carbocycles. The Balaban J connectivity index is 1.68.